The molecule has 0 aliphatic heterocycles. The van der Waals surface area contributed by atoms with Crippen molar-refractivity contribution in [1.29, 1.82) is 0 Å². The zero-order valence-electron chi connectivity index (χ0n) is 9.09. The molecule has 1 aromatic heterocycles. The first-order valence-electron chi connectivity index (χ1n) is 4.87. The first kappa shape index (κ1) is 12.9. The van der Waals surface area contributed by atoms with Gasteiger partial charge in [0, 0.05) is 11.8 Å². The van der Waals surface area contributed by atoms with Crippen LogP contribution in [0.2, 0.25) is 5.02 Å². The minimum absolute atomic E-state index is 0.0838. The number of aromatic nitrogens is 2. The van der Waals surface area contributed by atoms with Gasteiger partial charge in [0.15, 0.2) is 0 Å². The molecule has 96 valence electrons. The Balaban J connectivity index is 2.50. The maximum Gasteiger partial charge on any atom is 0.419 e. The van der Waals surface area contributed by atoms with E-state index in [-0.39, 0.29) is 16.3 Å². The summed E-state index contributed by atoms with van der Waals surface area (Å²) in [4.78, 5) is 0. The molecular formula is C11H7ClF4N2. The van der Waals surface area contributed by atoms with Gasteiger partial charge in [0.1, 0.15) is 5.82 Å². The molecule has 0 saturated heterocycles. The molecule has 2 rings (SSSR count). The van der Waals surface area contributed by atoms with Crippen molar-refractivity contribution in [3.63, 3.8) is 0 Å². The SMILES string of the molecule is Cc1c(-n2cc(C(F)(F)F)cn2)ccc(Cl)c1F. The molecule has 0 spiro atoms. The molecule has 0 atom stereocenters. The molecule has 0 aliphatic rings. The van der Waals surface area contributed by atoms with Crippen LogP contribution in [-0.4, -0.2) is 9.78 Å². The van der Waals surface area contributed by atoms with Crippen molar-refractivity contribution in [2.45, 2.75) is 13.1 Å². The fourth-order valence-electron chi connectivity index (χ4n) is 1.49. The van der Waals surface area contributed by atoms with E-state index in [9.17, 15) is 17.6 Å². The minimum Gasteiger partial charge on any atom is -0.240 e. The van der Waals surface area contributed by atoms with Gasteiger partial charge in [-0.05, 0) is 19.1 Å². The number of benzene rings is 1. The highest BCUT2D eigenvalue weighted by Gasteiger charge is 2.32. The van der Waals surface area contributed by atoms with Gasteiger partial charge in [-0.15, -0.1) is 0 Å². The van der Waals surface area contributed by atoms with E-state index in [4.69, 9.17) is 11.6 Å². The highest BCUT2D eigenvalue weighted by atomic mass is 35.5. The Morgan fingerprint density at radius 1 is 1.28 bits per heavy atom. The van der Waals surface area contributed by atoms with Crippen LogP contribution >= 0.6 is 11.6 Å². The zero-order chi connectivity index (χ0) is 13.5. The van der Waals surface area contributed by atoms with Gasteiger partial charge >= 0.3 is 6.18 Å². The third kappa shape index (κ3) is 2.20. The van der Waals surface area contributed by atoms with Crippen molar-refractivity contribution in [3.8, 4) is 5.69 Å². The molecule has 0 radical (unpaired) electrons. The molecule has 0 N–H and O–H groups in total. The Morgan fingerprint density at radius 3 is 2.50 bits per heavy atom. The van der Waals surface area contributed by atoms with Crippen LogP contribution in [0.4, 0.5) is 17.6 Å². The van der Waals surface area contributed by atoms with Crippen LogP contribution in [0.3, 0.4) is 0 Å². The van der Waals surface area contributed by atoms with Gasteiger partial charge < -0.3 is 0 Å². The van der Waals surface area contributed by atoms with Crippen LogP contribution in [0.1, 0.15) is 11.1 Å². The minimum atomic E-state index is -4.48. The molecule has 2 aromatic rings. The van der Waals surface area contributed by atoms with Crippen LogP contribution in [0, 0.1) is 12.7 Å². The Morgan fingerprint density at radius 2 is 1.94 bits per heavy atom. The first-order chi connectivity index (χ1) is 8.30. The summed E-state index contributed by atoms with van der Waals surface area (Å²) in [5, 5.41) is 3.49. The molecule has 2 nitrogen and oxygen atoms in total. The van der Waals surface area contributed by atoms with Crippen LogP contribution in [0.25, 0.3) is 5.69 Å². The largest absolute Gasteiger partial charge is 0.419 e. The summed E-state index contributed by atoms with van der Waals surface area (Å²) in [7, 11) is 0. The Kier molecular flexibility index (Phi) is 3.06. The normalized spacial score (nSPS) is 11.9. The maximum absolute atomic E-state index is 13.5. The van der Waals surface area contributed by atoms with Crippen molar-refractivity contribution < 1.29 is 17.6 Å². The number of halogens is 5. The highest BCUT2D eigenvalue weighted by molar-refractivity contribution is 6.30. The number of hydrogen-bond donors (Lipinski definition) is 0. The molecule has 0 fully saturated rings. The Hall–Kier alpha value is -1.56. The predicted molar refractivity (Wildman–Crippen MR) is 58.3 cm³/mol. The Bertz CT molecular complexity index is 589. The van der Waals surface area contributed by atoms with Gasteiger partial charge in [-0.1, -0.05) is 11.6 Å². The van der Waals surface area contributed by atoms with Crippen LogP contribution in [0.15, 0.2) is 24.5 Å². The molecule has 0 amide bonds. The van der Waals surface area contributed by atoms with E-state index in [1.54, 1.807) is 0 Å². The molecule has 0 aliphatic carbocycles. The number of nitrogens with zero attached hydrogens (tertiary/aromatic N) is 2. The highest BCUT2D eigenvalue weighted by Crippen LogP contribution is 2.30. The Labute approximate surface area is 105 Å². The van der Waals surface area contributed by atoms with Gasteiger partial charge in [0.05, 0.1) is 22.5 Å². The van der Waals surface area contributed by atoms with Gasteiger partial charge in [-0.25, -0.2) is 9.07 Å². The lowest BCUT2D eigenvalue weighted by Gasteiger charge is -2.07. The predicted octanol–water partition coefficient (Wildman–Crippen LogP) is 3.99. The quantitative estimate of drug-likeness (QED) is 0.721. The summed E-state index contributed by atoms with van der Waals surface area (Å²) >= 11 is 5.57. The van der Waals surface area contributed by atoms with E-state index < -0.39 is 17.6 Å². The summed E-state index contributed by atoms with van der Waals surface area (Å²) in [5.74, 6) is -0.668. The molecule has 7 heteroatoms. The van der Waals surface area contributed by atoms with E-state index in [2.05, 4.69) is 5.10 Å². The average molecular weight is 279 g/mol. The van der Waals surface area contributed by atoms with E-state index in [1.807, 2.05) is 0 Å². The van der Waals surface area contributed by atoms with Crippen molar-refractivity contribution in [2.75, 3.05) is 0 Å². The number of alkyl halides is 3. The van der Waals surface area contributed by atoms with E-state index in [0.717, 1.165) is 10.9 Å². The number of hydrogen-bond acceptors (Lipinski definition) is 1. The number of rotatable bonds is 1. The lowest BCUT2D eigenvalue weighted by molar-refractivity contribution is -0.137. The monoisotopic (exact) mass is 278 g/mol. The molecule has 0 unspecified atom stereocenters. The van der Waals surface area contributed by atoms with Gasteiger partial charge in [-0.2, -0.15) is 18.3 Å². The lowest BCUT2D eigenvalue weighted by Crippen LogP contribution is -2.03. The van der Waals surface area contributed by atoms with Gasteiger partial charge in [0.2, 0.25) is 0 Å². The van der Waals surface area contributed by atoms with Crippen molar-refractivity contribution in [1.82, 2.24) is 9.78 Å². The molecule has 0 saturated carbocycles. The summed E-state index contributed by atoms with van der Waals surface area (Å²) in [6.45, 7) is 1.42. The van der Waals surface area contributed by atoms with Crippen molar-refractivity contribution in [2.24, 2.45) is 0 Å². The molecule has 18 heavy (non-hydrogen) atoms. The van der Waals surface area contributed by atoms with E-state index in [0.29, 0.717) is 6.20 Å². The van der Waals surface area contributed by atoms with Crippen LogP contribution in [-0.2, 0) is 6.18 Å². The third-order valence-corrected chi connectivity index (χ3v) is 2.76. The zero-order valence-corrected chi connectivity index (χ0v) is 9.85. The summed E-state index contributed by atoms with van der Waals surface area (Å²) in [6, 6.07) is 2.68. The topological polar surface area (TPSA) is 17.8 Å². The summed E-state index contributed by atoms with van der Waals surface area (Å²) < 4.78 is 51.7. The fraction of sp³-hybridized carbons (Fsp3) is 0.182. The first-order valence-corrected chi connectivity index (χ1v) is 5.25. The maximum atomic E-state index is 13.5. The second kappa shape index (κ2) is 4.28. The van der Waals surface area contributed by atoms with Crippen molar-refractivity contribution in [3.05, 3.63) is 46.5 Å². The second-order valence-corrected chi connectivity index (χ2v) is 4.08. The fourth-order valence-corrected chi connectivity index (χ4v) is 1.70. The smallest absolute Gasteiger partial charge is 0.240 e. The molecule has 1 heterocycles. The third-order valence-electron chi connectivity index (χ3n) is 2.47. The van der Waals surface area contributed by atoms with Crippen molar-refractivity contribution >= 4 is 11.6 Å². The van der Waals surface area contributed by atoms with Crippen LogP contribution < -0.4 is 0 Å². The average Bonchev–Trinajstić information content (AvgIpc) is 2.75. The standard InChI is InChI=1S/C11H7ClF4N2/c1-6-9(3-2-8(12)10(6)13)18-5-7(4-17-18)11(14,15)16/h2-5H,1H3. The van der Waals surface area contributed by atoms with Gasteiger partial charge in [-0.3, -0.25) is 0 Å². The van der Waals surface area contributed by atoms with E-state index in [1.165, 1.54) is 19.1 Å². The summed E-state index contributed by atoms with van der Waals surface area (Å²) in [6.07, 6.45) is -2.99. The summed E-state index contributed by atoms with van der Waals surface area (Å²) in [5.41, 5.74) is -0.538. The molecular weight excluding hydrogens is 272 g/mol. The molecule has 1 aromatic carbocycles. The second-order valence-electron chi connectivity index (χ2n) is 3.68. The van der Waals surface area contributed by atoms with Gasteiger partial charge in [0.25, 0.3) is 0 Å². The lowest BCUT2D eigenvalue weighted by atomic mass is 10.2. The van der Waals surface area contributed by atoms with Crippen LogP contribution in [0.5, 0.6) is 0 Å². The van der Waals surface area contributed by atoms with E-state index >= 15 is 0 Å². The molecule has 0 bridgehead atoms.